The van der Waals surface area contributed by atoms with Crippen molar-refractivity contribution in [1.82, 2.24) is 0 Å². The second-order valence-corrected chi connectivity index (χ2v) is 4.18. The molecule has 0 saturated heterocycles. The summed E-state index contributed by atoms with van der Waals surface area (Å²) in [5, 5.41) is 2.79. The summed E-state index contributed by atoms with van der Waals surface area (Å²) in [4.78, 5) is 0. The first-order chi connectivity index (χ1) is 7.24. The van der Waals surface area contributed by atoms with Crippen molar-refractivity contribution in [3.63, 3.8) is 0 Å². The van der Waals surface area contributed by atoms with E-state index in [1.54, 1.807) is 0 Å². The molecule has 0 aliphatic rings. The average Bonchev–Trinajstić information content (AvgIpc) is 2.28. The highest BCUT2D eigenvalue weighted by Crippen LogP contribution is 2.22. The zero-order chi connectivity index (χ0) is 10.8. The summed E-state index contributed by atoms with van der Waals surface area (Å²) in [5.74, 6) is 0. The van der Waals surface area contributed by atoms with E-state index in [0.717, 1.165) is 12.8 Å². The molecular weight excluding hydrogens is 180 g/mol. The fraction of sp³-hybridized carbons (Fsp3) is 0.333. The van der Waals surface area contributed by atoms with E-state index in [1.807, 2.05) is 0 Å². The Morgan fingerprint density at radius 2 is 1.53 bits per heavy atom. The van der Waals surface area contributed by atoms with Crippen LogP contribution in [-0.2, 0) is 12.8 Å². The molecule has 0 aromatic heterocycles. The number of fused-ring (bicyclic) bond motifs is 1. The maximum absolute atomic E-state index is 2.32. The lowest BCUT2D eigenvalue weighted by atomic mass is 9.98. The van der Waals surface area contributed by atoms with Gasteiger partial charge in [0, 0.05) is 0 Å². The van der Waals surface area contributed by atoms with Crippen LogP contribution in [0, 0.1) is 6.92 Å². The number of benzene rings is 2. The fourth-order valence-electron chi connectivity index (χ4n) is 2.11. The Hall–Kier alpha value is -1.30. The van der Waals surface area contributed by atoms with Crippen molar-refractivity contribution in [2.75, 3.05) is 0 Å². The van der Waals surface area contributed by atoms with Gasteiger partial charge in [-0.05, 0) is 47.2 Å². The van der Waals surface area contributed by atoms with Crippen molar-refractivity contribution in [3.8, 4) is 0 Å². The molecular formula is C15H18. The highest BCUT2D eigenvalue weighted by atomic mass is 14.1. The van der Waals surface area contributed by atoms with E-state index in [-0.39, 0.29) is 0 Å². The lowest BCUT2D eigenvalue weighted by Crippen LogP contribution is -1.87. The van der Waals surface area contributed by atoms with Crippen LogP contribution in [0.1, 0.15) is 30.5 Å². The lowest BCUT2D eigenvalue weighted by molar-refractivity contribution is 1.13. The minimum Gasteiger partial charge on any atom is -0.0613 e. The van der Waals surface area contributed by atoms with Crippen LogP contribution >= 0.6 is 0 Å². The van der Waals surface area contributed by atoms with E-state index >= 15 is 0 Å². The third-order valence-corrected chi connectivity index (χ3v) is 3.10. The van der Waals surface area contributed by atoms with Crippen molar-refractivity contribution in [2.24, 2.45) is 0 Å². The third-order valence-electron chi connectivity index (χ3n) is 3.10. The van der Waals surface area contributed by atoms with Gasteiger partial charge < -0.3 is 0 Å². The Labute approximate surface area is 91.9 Å². The maximum atomic E-state index is 2.32. The van der Waals surface area contributed by atoms with Gasteiger partial charge in [0.05, 0.1) is 0 Å². The van der Waals surface area contributed by atoms with E-state index in [4.69, 9.17) is 0 Å². The van der Waals surface area contributed by atoms with Gasteiger partial charge in [0.1, 0.15) is 0 Å². The number of rotatable bonds is 2. The largest absolute Gasteiger partial charge is 0.0613 e. The molecule has 0 N–H and O–H groups in total. The Balaban J connectivity index is 2.69. The van der Waals surface area contributed by atoms with Crippen LogP contribution in [-0.4, -0.2) is 0 Å². The van der Waals surface area contributed by atoms with E-state index in [2.05, 4.69) is 51.1 Å². The minimum absolute atomic E-state index is 1.12. The number of hydrogen-bond acceptors (Lipinski definition) is 0. The first-order valence-electron chi connectivity index (χ1n) is 5.76. The van der Waals surface area contributed by atoms with Gasteiger partial charge in [0.2, 0.25) is 0 Å². The Kier molecular flexibility index (Phi) is 2.77. The van der Waals surface area contributed by atoms with E-state index in [0.29, 0.717) is 0 Å². The van der Waals surface area contributed by atoms with Crippen molar-refractivity contribution >= 4 is 10.8 Å². The predicted molar refractivity (Wildman–Crippen MR) is 67.4 cm³/mol. The van der Waals surface area contributed by atoms with Gasteiger partial charge in [-0.2, -0.15) is 0 Å². The van der Waals surface area contributed by atoms with E-state index in [1.165, 1.54) is 27.5 Å². The Bertz CT molecular complexity index is 475. The molecule has 0 fully saturated rings. The van der Waals surface area contributed by atoms with Gasteiger partial charge in [-0.25, -0.2) is 0 Å². The molecule has 2 rings (SSSR count). The van der Waals surface area contributed by atoms with Gasteiger partial charge >= 0.3 is 0 Å². The molecule has 78 valence electrons. The maximum Gasteiger partial charge on any atom is -0.0154 e. The minimum atomic E-state index is 1.12. The Morgan fingerprint density at radius 1 is 0.867 bits per heavy atom. The van der Waals surface area contributed by atoms with Gasteiger partial charge in [-0.1, -0.05) is 44.2 Å². The molecule has 0 saturated carbocycles. The van der Waals surface area contributed by atoms with Crippen molar-refractivity contribution in [2.45, 2.75) is 33.6 Å². The van der Waals surface area contributed by atoms with Crippen LogP contribution in [0.2, 0.25) is 0 Å². The highest BCUT2D eigenvalue weighted by molar-refractivity contribution is 5.86. The van der Waals surface area contributed by atoms with Crippen LogP contribution in [0.4, 0.5) is 0 Å². The molecule has 0 unspecified atom stereocenters. The Morgan fingerprint density at radius 3 is 2.20 bits per heavy atom. The summed E-state index contributed by atoms with van der Waals surface area (Å²) < 4.78 is 0. The monoisotopic (exact) mass is 198 g/mol. The predicted octanol–water partition coefficient (Wildman–Crippen LogP) is 4.27. The summed E-state index contributed by atoms with van der Waals surface area (Å²) in [6.45, 7) is 6.62. The smallest absolute Gasteiger partial charge is 0.0154 e. The molecule has 0 radical (unpaired) electrons. The van der Waals surface area contributed by atoms with Gasteiger partial charge in [-0.15, -0.1) is 0 Å². The fourth-order valence-corrected chi connectivity index (χ4v) is 2.11. The first kappa shape index (κ1) is 10.2. The molecule has 0 aliphatic carbocycles. The van der Waals surface area contributed by atoms with Crippen LogP contribution in [0.15, 0.2) is 30.3 Å². The molecule has 0 heterocycles. The van der Waals surface area contributed by atoms with Crippen LogP contribution in [0.3, 0.4) is 0 Å². The molecule has 0 spiro atoms. The van der Waals surface area contributed by atoms with Crippen molar-refractivity contribution in [3.05, 3.63) is 47.0 Å². The zero-order valence-electron chi connectivity index (χ0n) is 9.80. The average molecular weight is 198 g/mol. The lowest BCUT2D eigenvalue weighted by Gasteiger charge is -2.07. The topological polar surface area (TPSA) is 0 Å². The van der Waals surface area contributed by atoms with Crippen LogP contribution < -0.4 is 0 Å². The zero-order valence-corrected chi connectivity index (χ0v) is 9.80. The summed E-state index contributed by atoms with van der Waals surface area (Å²) in [6, 6.07) is 11.4. The highest BCUT2D eigenvalue weighted by Gasteiger charge is 2.00. The number of hydrogen-bond donors (Lipinski definition) is 0. The van der Waals surface area contributed by atoms with Crippen molar-refractivity contribution < 1.29 is 0 Å². The van der Waals surface area contributed by atoms with E-state index in [9.17, 15) is 0 Å². The molecule has 15 heavy (non-hydrogen) atoms. The van der Waals surface area contributed by atoms with Gasteiger partial charge in [0.15, 0.2) is 0 Å². The van der Waals surface area contributed by atoms with Crippen molar-refractivity contribution in [1.29, 1.82) is 0 Å². The second-order valence-electron chi connectivity index (χ2n) is 4.18. The summed E-state index contributed by atoms with van der Waals surface area (Å²) >= 11 is 0. The normalized spacial score (nSPS) is 10.9. The summed E-state index contributed by atoms with van der Waals surface area (Å²) in [6.07, 6.45) is 2.23. The third kappa shape index (κ3) is 1.90. The SMILES string of the molecule is CCc1ccc2c(C)cc(CC)cc2c1. The second kappa shape index (κ2) is 4.06. The van der Waals surface area contributed by atoms with Gasteiger partial charge in [-0.3, -0.25) is 0 Å². The standard InChI is InChI=1S/C15H18/c1-4-12-6-7-15-11(3)8-13(5-2)10-14(15)9-12/h6-10H,4-5H2,1-3H3. The molecule has 0 nitrogen and oxygen atoms in total. The molecule has 0 bridgehead atoms. The molecule has 2 aromatic carbocycles. The molecule has 0 heteroatoms. The van der Waals surface area contributed by atoms with E-state index < -0.39 is 0 Å². The van der Waals surface area contributed by atoms with Crippen LogP contribution in [0.5, 0.6) is 0 Å². The van der Waals surface area contributed by atoms with Crippen LogP contribution in [0.25, 0.3) is 10.8 Å². The number of aryl methyl sites for hydroxylation is 3. The molecule has 0 amide bonds. The van der Waals surface area contributed by atoms with Gasteiger partial charge in [0.25, 0.3) is 0 Å². The first-order valence-corrected chi connectivity index (χ1v) is 5.76. The molecule has 0 aliphatic heterocycles. The summed E-state index contributed by atoms with van der Waals surface area (Å²) in [7, 11) is 0. The molecule has 0 atom stereocenters. The molecule has 2 aromatic rings. The quantitative estimate of drug-likeness (QED) is 0.676. The summed E-state index contributed by atoms with van der Waals surface area (Å²) in [5.41, 5.74) is 4.26.